The molecule has 1 aliphatic rings. The van der Waals surface area contributed by atoms with Crippen LogP contribution < -0.4 is 5.32 Å². The van der Waals surface area contributed by atoms with Gasteiger partial charge in [-0.3, -0.25) is 0 Å². The van der Waals surface area contributed by atoms with Crippen molar-refractivity contribution in [2.24, 2.45) is 4.99 Å². The lowest BCUT2D eigenvalue weighted by Gasteiger charge is -1.90. The molecule has 0 aromatic carbocycles. The molecule has 1 heterocycles. The first-order valence-corrected chi connectivity index (χ1v) is 2.05. The van der Waals surface area contributed by atoms with E-state index >= 15 is 0 Å². The SMILES string of the molecule is O=C1N=C[N+](=O)C(=O)N1. The van der Waals surface area contributed by atoms with E-state index < -0.39 is 12.1 Å². The molecule has 6 heteroatoms. The standard InChI is InChI=1S/C3HN3O3/c7-2-4-1-6(9)3(8)5-2/h1H/p+1. The number of carbonyl (C=O) groups excluding carboxylic acids is 2. The van der Waals surface area contributed by atoms with Gasteiger partial charge >= 0.3 is 12.1 Å². The topological polar surface area (TPSA) is 78.6 Å². The van der Waals surface area contributed by atoms with E-state index in [1.165, 1.54) is 0 Å². The Hall–Kier alpha value is -1.59. The molecular formula is C3H2N3O3+. The Labute approximate surface area is 49.1 Å². The third-order valence-corrected chi connectivity index (χ3v) is 0.694. The van der Waals surface area contributed by atoms with Crippen LogP contribution in [0.25, 0.3) is 0 Å². The van der Waals surface area contributed by atoms with Crippen LogP contribution in [0.5, 0.6) is 0 Å². The number of nitrogens with zero attached hydrogens (tertiary/aromatic N) is 2. The van der Waals surface area contributed by atoms with Gasteiger partial charge in [0.05, 0.1) is 0 Å². The van der Waals surface area contributed by atoms with Crippen LogP contribution in [0.4, 0.5) is 9.59 Å². The Kier molecular flexibility index (Phi) is 1.07. The molecule has 0 aromatic heterocycles. The first kappa shape index (κ1) is 5.54. The van der Waals surface area contributed by atoms with Gasteiger partial charge in [0.25, 0.3) is 6.34 Å². The van der Waals surface area contributed by atoms with E-state index in [-0.39, 0.29) is 4.76 Å². The highest BCUT2D eigenvalue weighted by Crippen LogP contribution is 1.83. The Morgan fingerprint density at radius 1 is 1.56 bits per heavy atom. The quantitative estimate of drug-likeness (QED) is 0.452. The monoisotopic (exact) mass is 128 g/mol. The van der Waals surface area contributed by atoms with Crippen molar-refractivity contribution in [3.8, 4) is 0 Å². The predicted molar refractivity (Wildman–Crippen MR) is 26.0 cm³/mol. The fraction of sp³-hybridized carbons (Fsp3) is 0. The molecule has 0 bridgehead atoms. The lowest BCUT2D eigenvalue weighted by atomic mass is 10.8. The van der Waals surface area contributed by atoms with E-state index in [1.807, 2.05) is 0 Å². The first-order chi connectivity index (χ1) is 4.20. The summed E-state index contributed by atoms with van der Waals surface area (Å²) in [5, 5.41) is 1.67. The van der Waals surface area contributed by atoms with Crippen molar-refractivity contribution in [3.05, 3.63) is 4.91 Å². The number of urea groups is 2. The molecule has 0 aliphatic carbocycles. The lowest BCUT2D eigenvalue weighted by molar-refractivity contribution is -0.313. The Morgan fingerprint density at radius 3 is 2.67 bits per heavy atom. The van der Waals surface area contributed by atoms with Gasteiger partial charge in [0.1, 0.15) is 0 Å². The lowest BCUT2D eigenvalue weighted by Crippen LogP contribution is -2.38. The summed E-state index contributed by atoms with van der Waals surface area (Å²) >= 11 is 0. The van der Waals surface area contributed by atoms with E-state index in [4.69, 9.17) is 0 Å². The zero-order valence-electron chi connectivity index (χ0n) is 4.20. The van der Waals surface area contributed by atoms with Crippen molar-refractivity contribution in [1.29, 1.82) is 0 Å². The van der Waals surface area contributed by atoms with E-state index in [9.17, 15) is 14.5 Å². The third kappa shape index (κ3) is 0.958. The highest BCUT2D eigenvalue weighted by atomic mass is 16.3. The molecule has 6 nitrogen and oxygen atoms in total. The third-order valence-electron chi connectivity index (χ3n) is 0.694. The minimum Gasteiger partial charge on any atom is -0.209 e. The van der Waals surface area contributed by atoms with Gasteiger partial charge in [0.2, 0.25) is 0 Å². The van der Waals surface area contributed by atoms with Gasteiger partial charge in [-0.05, 0) is 4.99 Å². The fourth-order valence-electron chi connectivity index (χ4n) is 0.336. The van der Waals surface area contributed by atoms with Gasteiger partial charge in [-0.15, -0.1) is 0 Å². The molecular weight excluding hydrogens is 126 g/mol. The average molecular weight is 128 g/mol. The predicted octanol–water partition coefficient (Wildman–Crippen LogP) is -0.363. The summed E-state index contributed by atoms with van der Waals surface area (Å²) < 4.78 is -0.0681. The molecule has 0 atom stereocenters. The minimum absolute atomic E-state index is 0.0681. The number of carbonyl (C=O) groups is 2. The molecule has 0 saturated carbocycles. The Balaban J connectivity index is 2.89. The maximum atomic E-state index is 10.2. The van der Waals surface area contributed by atoms with Gasteiger partial charge in [0.15, 0.2) is 0 Å². The highest BCUT2D eigenvalue weighted by Gasteiger charge is 2.26. The molecule has 0 aromatic rings. The van der Waals surface area contributed by atoms with Gasteiger partial charge in [0, 0.05) is 4.76 Å². The zero-order chi connectivity index (χ0) is 6.85. The average Bonchev–Trinajstić information content (AvgIpc) is 1.80. The van der Waals surface area contributed by atoms with Crippen LogP contribution in [-0.2, 0) is 0 Å². The molecule has 1 aliphatic heterocycles. The van der Waals surface area contributed by atoms with E-state index in [1.54, 1.807) is 5.32 Å². The number of hydrogen-bond acceptors (Lipinski definition) is 3. The molecule has 0 radical (unpaired) electrons. The van der Waals surface area contributed by atoms with Gasteiger partial charge in [-0.2, -0.15) is 5.32 Å². The number of aliphatic imine (C=N–C) groups is 1. The minimum atomic E-state index is -1.00. The van der Waals surface area contributed by atoms with Crippen LogP contribution in [0, 0.1) is 4.91 Å². The van der Waals surface area contributed by atoms with Crippen molar-refractivity contribution < 1.29 is 14.3 Å². The maximum Gasteiger partial charge on any atom is 0.486 e. The molecule has 1 N–H and O–H groups in total. The summed E-state index contributed by atoms with van der Waals surface area (Å²) in [5.74, 6) is 0. The molecule has 0 saturated heterocycles. The van der Waals surface area contributed by atoms with Gasteiger partial charge in [-0.1, -0.05) is 4.91 Å². The Bertz CT molecular complexity index is 218. The van der Waals surface area contributed by atoms with E-state index in [0.29, 0.717) is 6.34 Å². The van der Waals surface area contributed by atoms with Crippen molar-refractivity contribution >= 4 is 18.4 Å². The summed E-state index contributed by atoms with van der Waals surface area (Å²) in [4.78, 5) is 33.4. The van der Waals surface area contributed by atoms with Crippen molar-refractivity contribution in [3.63, 3.8) is 0 Å². The second-order valence-corrected chi connectivity index (χ2v) is 1.31. The molecule has 4 amide bonds. The van der Waals surface area contributed by atoms with Crippen molar-refractivity contribution in [2.75, 3.05) is 0 Å². The summed E-state index contributed by atoms with van der Waals surface area (Å²) in [5.41, 5.74) is 0. The molecule has 9 heavy (non-hydrogen) atoms. The van der Waals surface area contributed by atoms with Crippen LogP contribution in [0.15, 0.2) is 4.99 Å². The number of rotatable bonds is 0. The smallest absolute Gasteiger partial charge is 0.209 e. The maximum absolute atomic E-state index is 10.2. The number of nitroso groups, excluding NO2 is 1. The second kappa shape index (κ2) is 1.73. The summed E-state index contributed by atoms with van der Waals surface area (Å²) in [6, 6.07) is -1.82. The summed E-state index contributed by atoms with van der Waals surface area (Å²) in [7, 11) is 0. The first-order valence-electron chi connectivity index (χ1n) is 2.05. The van der Waals surface area contributed by atoms with Crippen LogP contribution in [0.3, 0.4) is 0 Å². The summed E-state index contributed by atoms with van der Waals surface area (Å²) in [6.07, 6.45) is 0.612. The number of hydrogen-bond donors (Lipinski definition) is 1. The zero-order valence-corrected chi connectivity index (χ0v) is 4.20. The van der Waals surface area contributed by atoms with Gasteiger partial charge in [-0.25, -0.2) is 9.59 Å². The molecule has 0 unspecified atom stereocenters. The molecule has 46 valence electrons. The second-order valence-electron chi connectivity index (χ2n) is 1.31. The molecule has 1 rings (SSSR count). The van der Waals surface area contributed by atoms with Crippen LogP contribution >= 0.6 is 0 Å². The molecule has 0 spiro atoms. The number of amides is 4. The largest absolute Gasteiger partial charge is 0.486 e. The Morgan fingerprint density at radius 2 is 2.22 bits per heavy atom. The van der Waals surface area contributed by atoms with Crippen molar-refractivity contribution in [1.82, 2.24) is 5.32 Å². The normalized spacial score (nSPS) is 18.0. The number of imide groups is 1. The van der Waals surface area contributed by atoms with Crippen molar-refractivity contribution in [2.45, 2.75) is 0 Å². The van der Waals surface area contributed by atoms with Crippen LogP contribution in [0.2, 0.25) is 0 Å². The van der Waals surface area contributed by atoms with Gasteiger partial charge < -0.3 is 0 Å². The molecule has 0 fully saturated rings. The van der Waals surface area contributed by atoms with E-state index in [2.05, 4.69) is 4.99 Å². The number of nitrogens with one attached hydrogen (secondary N) is 1. The fourth-order valence-corrected chi connectivity index (χ4v) is 0.336. The highest BCUT2D eigenvalue weighted by molar-refractivity contribution is 5.98. The van der Waals surface area contributed by atoms with Crippen LogP contribution in [-0.4, -0.2) is 23.2 Å². The summed E-state index contributed by atoms with van der Waals surface area (Å²) in [6.45, 7) is 0. The van der Waals surface area contributed by atoms with Crippen LogP contribution in [0.1, 0.15) is 0 Å². The van der Waals surface area contributed by atoms with E-state index in [0.717, 1.165) is 0 Å².